The van der Waals surface area contributed by atoms with E-state index in [4.69, 9.17) is 5.73 Å². The van der Waals surface area contributed by atoms with E-state index >= 15 is 0 Å². The van der Waals surface area contributed by atoms with Crippen LogP contribution in [0.4, 0.5) is 0 Å². The molecule has 0 aliphatic rings. The van der Waals surface area contributed by atoms with Crippen LogP contribution in [0.1, 0.15) is 37.5 Å². The predicted molar refractivity (Wildman–Crippen MR) is 66.1 cm³/mol. The van der Waals surface area contributed by atoms with Crippen LogP contribution in [-0.2, 0) is 6.42 Å². The Labute approximate surface area is 103 Å². The summed E-state index contributed by atoms with van der Waals surface area (Å²) >= 11 is 1.44. The van der Waals surface area contributed by atoms with E-state index in [9.17, 15) is 5.11 Å². The maximum Gasteiger partial charge on any atom is 0.234 e. The van der Waals surface area contributed by atoms with E-state index in [1.807, 2.05) is 13.8 Å². The number of fused-ring (bicyclic) bond motifs is 1. The Kier molecular flexibility index (Phi) is 3.15. The maximum absolute atomic E-state index is 9.91. The van der Waals surface area contributed by atoms with Crippen molar-refractivity contribution in [1.29, 1.82) is 0 Å². The molecular formula is C10H17N5OS. The van der Waals surface area contributed by atoms with Crippen LogP contribution in [0.2, 0.25) is 0 Å². The average Bonchev–Trinajstić information content (AvgIpc) is 2.75. The Hall–Kier alpha value is -1.05. The number of nitrogens with two attached hydrogens (primary N) is 1. The fourth-order valence-corrected chi connectivity index (χ4v) is 2.52. The summed E-state index contributed by atoms with van der Waals surface area (Å²) in [6.07, 6.45) is 0.440. The quantitative estimate of drug-likeness (QED) is 0.833. The molecule has 7 heteroatoms. The number of hydrogen-bond donors (Lipinski definition) is 2. The number of hydrogen-bond acceptors (Lipinski definition) is 6. The standard InChI is InChI=1S/C10H17N5OS/c1-6(2)8-12-13-9-15(8)14-7(17-9)4-10(3,16)5-11/h6,16H,4-5,11H2,1-3H3. The molecule has 94 valence electrons. The van der Waals surface area contributed by atoms with Gasteiger partial charge in [0.15, 0.2) is 5.82 Å². The fourth-order valence-electron chi connectivity index (χ4n) is 1.50. The molecule has 0 radical (unpaired) electrons. The molecule has 3 N–H and O–H groups in total. The van der Waals surface area contributed by atoms with Gasteiger partial charge in [-0.3, -0.25) is 0 Å². The van der Waals surface area contributed by atoms with Crippen LogP contribution in [-0.4, -0.2) is 37.1 Å². The molecule has 0 aliphatic heterocycles. The third-order valence-corrected chi connectivity index (χ3v) is 3.44. The second-order valence-corrected chi connectivity index (χ2v) is 5.82. The molecule has 1 atom stereocenters. The summed E-state index contributed by atoms with van der Waals surface area (Å²) in [7, 11) is 0. The fraction of sp³-hybridized carbons (Fsp3) is 0.700. The molecule has 2 aromatic rings. The summed E-state index contributed by atoms with van der Waals surface area (Å²) in [5, 5.41) is 23.3. The summed E-state index contributed by atoms with van der Waals surface area (Å²) < 4.78 is 1.75. The molecule has 0 fully saturated rings. The van der Waals surface area contributed by atoms with Crippen LogP contribution < -0.4 is 5.73 Å². The third kappa shape index (κ3) is 2.46. The van der Waals surface area contributed by atoms with Crippen LogP contribution >= 0.6 is 11.3 Å². The molecule has 0 amide bonds. The average molecular weight is 255 g/mol. The van der Waals surface area contributed by atoms with Gasteiger partial charge >= 0.3 is 0 Å². The van der Waals surface area contributed by atoms with Gasteiger partial charge in [0.2, 0.25) is 4.96 Å². The van der Waals surface area contributed by atoms with E-state index in [1.165, 1.54) is 11.3 Å². The van der Waals surface area contributed by atoms with Gasteiger partial charge in [0.05, 0.1) is 5.60 Å². The van der Waals surface area contributed by atoms with E-state index in [1.54, 1.807) is 11.4 Å². The third-order valence-electron chi connectivity index (χ3n) is 2.55. The Morgan fingerprint density at radius 3 is 2.76 bits per heavy atom. The summed E-state index contributed by atoms with van der Waals surface area (Å²) in [5.74, 6) is 1.12. The zero-order valence-corrected chi connectivity index (χ0v) is 11.0. The highest BCUT2D eigenvalue weighted by Gasteiger charge is 2.22. The zero-order chi connectivity index (χ0) is 12.6. The van der Waals surface area contributed by atoms with Crippen molar-refractivity contribution in [3.63, 3.8) is 0 Å². The molecule has 0 saturated carbocycles. The lowest BCUT2D eigenvalue weighted by molar-refractivity contribution is 0.0693. The molecule has 2 heterocycles. The van der Waals surface area contributed by atoms with Crippen LogP contribution in [0.25, 0.3) is 4.96 Å². The molecule has 0 saturated heterocycles. The Balaban J connectivity index is 2.32. The van der Waals surface area contributed by atoms with Gasteiger partial charge < -0.3 is 10.8 Å². The minimum Gasteiger partial charge on any atom is -0.388 e. The van der Waals surface area contributed by atoms with E-state index in [0.717, 1.165) is 15.8 Å². The largest absolute Gasteiger partial charge is 0.388 e. The van der Waals surface area contributed by atoms with Crippen LogP contribution in [0.15, 0.2) is 0 Å². The van der Waals surface area contributed by atoms with Crippen molar-refractivity contribution in [2.45, 2.75) is 38.7 Å². The van der Waals surface area contributed by atoms with Gasteiger partial charge in [-0.05, 0) is 6.92 Å². The lowest BCUT2D eigenvalue weighted by Gasteiger charge is -2.18. The molecule has 6 nitrogen and oxygen atoms in total. The number of nitrogens with zero attached hydrogens (tertiary/aromatic N) is 4. The van der Waals surface area contributed by atoms with Gasteiger partial charge in [-0.1, -0.05) is 25.2 Å². The zero-order valence-electron chi connectivity index (χ0n) is 10.2. The smallest absolute Gasteiger partial charge is 0.234 e. The Morgan fingerprint density at radius 2 is 2.18 bits per heavy atom. The predicted octanol–water partition coefficient (Wildman–Crippen LogP) is 0.561. The SMILES string of the molecule is CC(C)c1nnc2sc(CC(C)(O)CN)nn12. The number of aliphatic hydroxyl groups is 1. The van der Waals surface area contributed by atoms with Crippen LogP contribution in [0.3, 0.4) is 0 Å². The van der Waals surface area contributed by atoms with Gasteiger partial charge in [0.25, 0.3) is 0 Å². The van der Waals surface area contributed by atoms with Crippen molar-refractivity contribution in [2.24, 2.45) is 5.73 Å². The first-order valence-electron chi connectivity index (χ1n) is 5.56. The van der Waals surface area contributed by atoms with Gasteiger partial charge in [0, 0.05) is 18.9 Å². The summed E-state index contributed by atoms with van der Waals surface area (Å²) in [6.45, 7) is 6.01. The molecular weight excluding hydrogens is 238 g/mol. The molecule has 0 bridgehead atoms. The van der Waals surface area contributed by atoms with Crippen LogP contribution in [0, 0.1) is 0 Å². The van der Waals surface area contributed by atoms with E-state index < -0.39 is 5.60 Å². The highest BCUT2D eigenvalue weighted by Crippen LogP contribution is 2.21. The lowest BCUT2D eigenvalue weighted by atomic mass is 10.0. The summed E-state index contributed by atoms with van der Waals surface area (Å²) in [6, 6.07) is 0. The molecule has 0 aliphatic carbocycles. The topological polar surface area (TPSA) is 89.3 Å². The number of aromatic nitrogens is 4. The van der Waals surface area contributed by atoms with Crippen molar-refractivity contribution < 1.29 is 5.11 Å². The first-order valence-corrected chi connectivity index (χ1v) is 6.38. The van der Waals surface area contributed by atoms with E-state index in [0.29, 0.717) is 6.42 Å². The molecule has 1 unspecified atom stereocenters. The van der Waals surface area contributed by atoms with E-state index in [-0.39, 0.29) is 12.5 Å². The first-order chi connectivity index (χ1) is 7.93. The minimum atomic E-state index is -0.915. The second kappa shape index (κ2) is 4.32. The summed E-state index contributed by atoms with van der Waals surface area (Å²) in [5.41, 5.74) is 4.58. The first kappa shape index (κ1) is 12.4. The van der Waals surface area contributed by atoms with Crippen molar-refractivity contribution >= 4 is 16.3 Å². The number of rotatable bonds is 4. The van der Waals surface area contributed by atoms with Gasteiger partial charge in [0.1, 0.15) is 5.01 Å². The highest BCUT2D eigenvalue weighted by atomic mass is 32.1. The van der Waals surface area contributed by atoms with Crippen molar-refractivity contribution in [3.8, 4) is 0 Å². The summed E-state index contributed by atoms with van der Waals surface area (Å²) in [4.78, 5) is 0.761. The Bertz CT molecular complexity index is 516. The monoisotopic (exact) mass is 255 g/mol. The van der Waals surface area contributed by atoms with Crippen molar-refractivity contribution in [1.82, 2.24) is 19.8 Å². The molecule has 2 rings (SSSR count). The van der Waals surface area contributed by atoms with Gasteiger partial charge in [-0.25, -0.2) is 0 Å². The van der Waals surface area contributed by atoms with Gasteiger partial charge in [-0.2, -0.15) is 9.61 Å². The molecule has 0 spiro atoms. The molecule has 0 aromatic carbocycles. The van der Waals surface area contributed by atoms with Crippen LogP contribution in [0.5, 0.6) is 0 Å². The van der Waals surface area contributed by atoms with Crippen molar-refractivity contribution in [3.05, 3.63) is 10.8 Å². The van der Waals surface area contributed by atoms with Gasteiger partial charge in [-0.15, -0.1) is 10.2 Å². The molecule has 17 heavy (non-hydrogen) atoms. The minimum absolute atomic E-state index is 0.212. The molecule has 2 aromatic heterocycles. The second-order valence-electron chi connectivity index (χ2n) is 4.78. The normalized spacial score (nSPS) is 15.6. The van der Waals surface area contributed by atoms with Crippen molar-refractivity contribution in [2.75, 3.05) is 6.54 Å². The maximum atomic E-state index is 9.91. The van der Waals surface area contributed by atoms with E-state index in [2.05, 4.69) is 15.3 Å². The Morgan fingerprint density at radius 1 is 1.47 bits per heavy atom. The lowest BCUT2D eigenvalue weighted by Crippen LogP contribution is -2.36. The highest BCUT2D eigenvalue weighted by molar-refractivity contribution is 7.16.